The summed E-state index contributed by atoms with van der Waals surface area (Å²) >= 11 is 0. The van der Waals surface area contributed by atoms with Crippen LogP contribution >= 0.6 is 0 Å². The molecule has 0 radical (unpaired) electrons. The molecule has 1 aromatic carbocycles. The van der Waals surface area contributed by atoms with Gasteiger partial charge in [-0.2, -0.15) is 5.26 Å². The standard InChI is InChI=1S/C14H13N3O/c1-10-8-12(9-16-10)14(18)17-13-4-2-11(3-5-13)6-7-15/h2-5,8-9,16H,6H2,1H3,(H,17,18). The maximum atomic E-state index is 11.9. The second kappa shape index (κ2) is 5.19. The average Bonchev–Trinajstić information content (AvgIpc) is 2.79. The molecule has 1 heterocycles. The highest BCUT2D eigenvalue weighted by Gasteiger charge is 2.07. The van der Waals surface area contributed by atoms with Crippen LogP contribution in [0.2, 0.25) is 0 Å². The zero-order valence-corrected chi connectivity index (χ0v) is 10.0. The van der Waals surface area contributed by atoms with E-state index in [2.05, 4.69) is 16.4 Å². The van der Waals surface area contributed by atoms with E-state index in [0.717, 1.165) is 16.9 Å². The molecule has 2 aromatic rings. The summed E-state index contributed by atoms with van der Waals surface area (Å²) < 4.78 is 0. The Morgan fingerprint density at radius 3 is 2.67 bits per heavy atom. The van der Waals surface area contributed by atoms with E-state index in [1.807, 2.05) is 19.1 Å². The molecule has 0 aliphatic rings. The van der Waals surface area contributed by atoms with Crippen LogP contribution in [-0.2, 0) is 6.42 Å². The molecule has 0 spiro atoms. The number of aromatic nitrogens is 1. The summed E-state index contributed by atoms with van der Waals surface area (Å²) in [6.07, 6.45) is 2.06. The molecule has 2 N–H and O–H groups in total. The Hall–Kier alpha value is -2.54. The fraction of sp³-hybridized carbons (Fsp3) is 0.143. The number of hydrogen-bond donors (Lipinski definition) is 2. The number of amides is 1. The van der Waals surface area contributed by atoms with Crippen molar-refractivity contribution in [2.45, 2.75) is 13.3 Å². The lowest BCUT2D eigenvalue weighted by Gasteiger charge is -2.04. The van der Waals surface area contributed by atoms with Gasteiger partial charge in [0, 0.05) is 17.6 Å². The lowest BCUT2D eigenvalue weighted by Crippen LogP contribution is -2.10. The monoisotopic (exact) mass is 239 g/mol. The maximum absolute atomic E-state index is 11.9. The molecule has 4 heteroatoms. The first-order chi connectivity index (χ1) is 8.69. The number of hydrogen-bond acceptors (Lipinski definition) is 2. The topological polar surface area (TPSA) is 68.7 Å². The van der Waals surface area contributed by atoms with E-state index in [-0.39, 0.29) is 5.91 Å². The molecule has 0 atom stereocenters. The molecule has 0 saturated carbocycles. The summed E-state index contributed by atoms with van der Waals surface area (Å²) in [5.41, 5.74) is 3.21. The van der Waals surface area contributed by atoms with Gasteiger partial charge in [0.05, 0.1) is 18.1 Å². The molecule has 1 amide bonds. The van der Waals surface area contributed by atoms with Gasteiger partial charge < -0.3 is 10.3 Å². The number of nitrogens with one attached hydrogen (secondary N) is 2. The molecule has 0 unspecified atom stereocenters. The number of H-pyrrole nitrogens is 1. The van der Waals surface area contributed by atoms with Gasteiger partial charge >= 0.3 is 0 Å². The number of nitriles is 1. The van der Waals surface area contributed by atoms with E-state index in [4.69, 9.17) is 5.26 Å². The number of carbonyl (C=O) groups excluding carboxylic acids is 1. The summed E-state index contributed by atoms with van der Waals surface area (Å²) in [5, 5.41) is 11.4. The predicted octanol–water partition coefficient (Wildman–Crippen LogP) is 2.64. The summed E-state index contributed by atoms with van der Waals surface area (Å²) in [7, 11) is 0. The second-order valence-electron chi connectivity index (χ2n) is 4.06. The van der Waals surface area contributed by atoms with Gasteiger partial charge in [-0.3, -0.25) is 4.79 Å². The van der Waals surface area contributed by atoms with E-state index < -0.39 is 0 Å². The third kappa shape index (κ3) is 2.77. The van der Waals surface area contributed by atoms with Crippen LogP contribution in [0.3, 0.4) is 0 Å². The summed E-state index contributed by atoms with van der Waals surface area (Å²) in [4.78, 5) is 14.8. The maximum Gasteiger partial charge on any atom is 0.257 e. The first-order valence-electron chi connectivity index (χ1n) is 5.61. The quantitative estimate of drug-likeness (QED) is 0.864. The molecule has 0 aliphatic heterocycles. The smallest absolute Gasteiger partial charge is 0.257 e. The Balaban J connectivity index is 2.05. The molecule has 0 aliphatic carbocycles. The number of aryl methyl sites for hydroxylation is 1. The van der Waals surface area contributed by atoms with Gasteiger partial charge in [0.25, 0.3) is 5.91 Å². The van der Waals surface area contributed by atoms with E-state index in [9.17, 15) is 4.79 Å². The number of nitrogens with zero attached hydrogens (tertiary/aromatic N) is 1. The highest BCUT2D eigenvalue weighted by Crippen LogP contribution is 2.12. The number of benzene rings is 1. The number of carbonyl (C=O) groups is 1. The van der Waals surface area contributed by atoms with Gasteiger partial charge in [-0.25, -0.2) is 0 Å². The third-order valence-electron chi connectivity index (χ3n) is 2.58. The van der Waals surface area contributed by atoms with Gasteiger partial charge in [0.2, 0.25) is 0 Å². The van der Waals surface area contributed by atoms with Crippen LogP contribution in [0.25, 0.3) is 0 Å². The lowest BCUT2D eigenvalue weighted by molar-refractivity contribution is 0.102. The van der Waals surface area contributed by atoms with Crippen LogP contribution in [0, 0.1) is 18.3 Å². The fourth-order valence-electron chi connectivity index (χ4n) is 1.64. The second-order valence-corrected chi connectivity index (χ2v) is 4.06. The zero-order chi connectivity index (χ0) is 13.0. The van der Waals surface area contributed by atoms with E-state index in [1.165, 1.54) is 0 Å². The molecule has 4 nitrogen and oxygen atoms in total. The van der Waals surface area contributed by atoms with Crippen molar-refractivity contribution in [1.82, 2.24) is 4.98 Å². The highest BCUT2D eigenvalue weighted by molar-refractivity contribution is 6.04. The minimum Gasteiger partial charge on any atom is -0.364 e. The molecule has 18 heavy (non-hydrogen) atoms. The van der Waals surface area contributed by atoms with Gasteiger partial charge in [0.1, 0.15) is 0 Å². The van der Waals surface area contributed by atoms with E-state index >= 15 is 0 Å². The molecule has 2 rings (SSSR count). The molecule has 1 aromatic heterocycles. The number of anilines is 1. The van der Waals surface area contributed by atoms with Crippen molar-refractivity contribution in [1.29, 1.82) is 5.26 Å². The van der Waals surface area contributed by atoms with Crippen LogP contribution in [0.5, 0.6) is 0 Å². The van der Waals surface area contributed by atoms with Crippen molar-refractivity contribution in [2.75, 3.05) is 5.32 Å². The van der Waals surface area contributed by atoms with Crippen molar-refractivity contribution in [3.63, 3.8) is 0 Å². The molecule has 0 bridgehead atoms. The van der Waals surface area contributed by atoms with Gasteiger partial charge in [0.15, 0.2) is 0 Å². The highest BCUT2D eigenvalue weighted by atomic mass is 16.1. The van der Waals surface area contributed by atoms with Crippen LogP contribution in [0.1, 0.15) is 21.6 Å². The molecular formula is C14H13N3O. The normalized spacial score (nSPS) is 9.78. The Morgan fingerprint density at radius 1 is 1.39 bits per heavy atom. The largest absolute Gasteiger partial charge is 0.364 e. The van der Waals surface area contributed by atoms with Crippen molar-refractivity contribution in [2.24, 2.45) is 0 Å². The van der Waals surface area contributed by atoms with Crippen molar-refractivity contribution in [3.05, 3.63) is 53.3 Å². The summed E-state index contributed by atoms with van der Waals surface area (Å²) in [6, 6.07) is 11.1. The Morgan fingerprint density at radius 2 is 2.11 bits per heavy atom. The average molecular weight is 239 g/mol. The van der Waals surface area contributed by atoms with Crippen molar-refractivity contribution >= 4 is 11.6 Å². The summed E-state index contributed by atoms with van der Waals surface area (Å²) in [6.45, 7) is 1.90. The molecular weight excluding hydrogens is 226 g/mol. The zero-order valence-electron chi connectivity index (χ0n) is 10.0. The van der Waals surface area contributed by atoms with E-state index in [1.54, 1.807) is 24.4 Å². The number of aromatic amines is 1. The van der Waals surface area contributed by atoms with Crippen LogP contribution in [0.4, 0.5) is 5.69 Å². The fourth-order valence-corrected chi connectivity index (χ4v) is 1.64. The summed E-state index contributed by atoms with van der Waals surface area (Å²) in [5.74, 6) is -0.146. The molecule has 0 fully saturated rings. The van der Waals surface area contributed by atoms with Crippen LogP contribution in [-0.4, -0.2) is 10.9 Å². The van der Waals surface area contributed by atoms with E-state index in [0.29, 0.717) is 12.0 Å². The first kappa shape index (κ1) is 11.9. The predicted molar refractivity (Wildman–Crippen MR) is 69.2 cm³/mol. The van der Waals surface area contributed by atoms with Crippen molar-refractivity contribution in [3.8, 4) is 6.07 Å². The lowest BCUT2D eigenvalue weighted by atomic mass is 10.1. The van der Waals surface area contributed by atoms with Gasteiger partial charge in [-0.15, -0.1) is 0 Å². The van der Waals surface area contributed by atoms with Gasteiger partial charge in [-0.05, 0) is 30.7 Å². The third-order valence-corrected chi connectivity index (χ3v) is 2.58. The molecule has 90 valence electrons. The minimum absolute atomic E-state index is 0.146. The Kier molecular flexibility index (Phi) is 3.44. The van der Waals surface area contributed by atoms with Gasteiger partial charge in [-0.1, -0.05) is 12.1 Å². The Bertz CT molecular complexity index is 590. The number of rotatable bonds is 3. The Labute approximate surface area is 105 Å². The minimum atomic E-state index is -0.146. The first-order valence-corrected chi connectivity index (χ1v) is 5.61. The molecule has 0 saturated heterocycles. The van der Waals surface area contributed by atoms with Crippen molar-refractivity contribution < 1.29 is 4.79 Å². The SMILES string of the molecule is Cc1cc(C(=O)Nc2ccc(CC#N)cc2)c[nH]1. The van der Waals surface area contributed by atoms with Crippen LogP contribution in [0.15, 0.2) is 36.5 Å². The van der Waals surface area contributed by atoms with Crippen LogP contribution < -0.4 is 5.32 Å².